The van der Waals surface area contributed by atoms with Gasteiger partial charge in [-0.1, -0.05) is 26.8 Å². The summed E-state index contributed by atoms with van der Waals surface area (Å²) >= 11 is 0. The second-order valence-corrected chi connectivity index (χ2v) is 3.93. The first kappa shape index (κ1) is 13.7. The van der Waals surface area contributed by atoms with Crippen molar-refractivity contribution in [1.82, 2.24) is 5.32 Å². The van der Waals surface area contributed by atoms with E-state index in [2.05, 4.69) is 32.7 Å². The maximum absolute atomic E-state index is 5.76. The highest BCUT2D eigenvalue weighted by Crippen LogP contribution is 2.06. The van der Waals surface area contributed by atoms with Gasteiger partial charge in [-0.05, 0) is 25.3 Å². The van der Waals surface area contributed by atoms with Crippen LogP contribution in [-0.2, 0) is 4.74 Å². The van der Waals surface area contributed by atoms with E-state index in [0.717, 1.165) is 26.1 Å². The van der Waals surface area contributed by atoms with Crippen molar-refractivity contribution in [2.75, 3.05) is 19.7 Å². The van der Waals surface area contributed by atoms with Crippen LogP contribution in [0.4, 0.5) is 0 Å². The van der Waals surface area contributed by atoms with Crippen LogP contribution in [0.5, 0.6) is 0 Å². The monoisotopic (exact) mass is 199 g/mol. The number of rotatable bonds is 9. The SMILES string of the molecule is C=CCCOC(CNCCC)C(C)C. The highest BCUT2D eigenvalue weighted by molar-refractivity contribution is 4.69. The first-order valence-electron chi connectivity index (χ1n) is 5.65. The Hall–Kier alpha value is -0.340. The number of hydrogen-bond donors (Lipinski definition) is 1. The summed E-state index contributed by atoms with van der Waals surface area (Å²) in [6.45, 7) is 13.1. The lowest BCUT2D eigenvalue weighted by molar-refractivity contribution is 0.0258. The smallest absolute Gasteiger partial charge is 0.0722 e. The van der Waals surface area contributed by atoms with Gasteiger partial charge < -0.3 is 10.1 Å². The molecule has 0 aromatic carbocycles. The van der Waals surface area contributed by atoms with Crippen LogP contribution in [-0.4, -0.2) is 25.8 Å². The number of nitrogens with one attached hydrogen (secondary N) is 1. The van der Waals surface area contributed by atoms with Crippen LogP contribution in [0.3, 0.4) is 0 Å². The molecule has 0 aliphatic carbocycles. The molecule has 0 rings (SSSR count). The van der Waals surface area contributed by atoms with E-state index >= 15 is 0 Å². The van der Waals surface area contributed by atoms with Gasteiger partial charge in [-0.25, -0.2) is 0 Å². The van der Waals surface area contributed by atoms with Gasteiger partial charge in [-0.3, -0.25) is 0 Å². The molecule has 2 nitrogen and oxygen atoms in total. The second-order valence-electron chi connectivity index (χ2n) is 3.93. The van der Waals surface area contributed by atoms with Gasteiger partial charge in [0.2, 0.25) is 0 Å². The van der Waals surface area contributed by atoms with E-state index in [9.17, 15) is 0 Å². The van der Waals surface area contributed by atoms with E-state index in [1.807, 2.05) is 6.08 Å². The van der Waals surface area contributed by atoms with Gasteiger partial charge in [0.1, 0.15) is 0 Å². The fraction of sp³-hybridized carbons (Fsp3) is 0.833. The van der Waals surface area contributed by atoms with Crippen LogP contribution < -0.4 is 5.32 Å². The van der Waals surface area contributed by atoms with Crippen LogP contribution in [0, 0.1) is 5.92 Å². The Morgan fingerprint density at radius 3 is 2.64 bits per heavy atom. The van der Waals surface area contributed by atoms with E-state index in [-0.39, 0.29) is 0 Å². The molecule has 0 amide bonds. The predicted octanol–water partition coefficient (Wildman–Crippen LogP) is 2.60. The van der Waals surface area contributed by atoms with Gasteiger partial charge in [0.25, 0.3) is 0 Å². The van der Waals surface area contributed by atoms with E-state index in [1.165, 1.54) is 6.42 Å². The van der Waals surface area contributed by atoms with Crippen LogP contribution >= 0.6 is 0 Å². The maximum atomic E-state index is 5.76. The molecule has 0 aromatic rings. The van der Waals surface area contributed by atoms with E-state index in [1.54, 1.807) is 0 Å². The molecule has 1 unspecified atom stereocenters. The summed E-state index contributed by atoms with van der Waals surface area (Å²) in [7, 11) is 0. The van der Waals surface area contributed by atoms with Crippen molar-refractivity contribution < 1.29 is 4.74 Å². The largest absolute Gasteiger partial charge is 0.376 e. The van der Waals surface area contributed by atoms with Crippen LogP contribution in [0.25, 0.3) is 0 Å². The van der Waals surface area contributed by atoms with E-state index in [0.29, 0.717) is 12.0 Å². The summed E-state index contributed by atoms with van der Waals surface area (Å²) in [6.07, 6.45) is 4.35. The zero-order chi connectivity index (χ0) is 10.8. The lowest BCUT2D eigenvalue weighted by Crippen LogP contribution is -2.33. The Labute approximate surface area is 88.7 Å². The molecule has 14 heavy (non-hydrogen) atoms. The molecular weight excluding hydrogens is 174 g/mol. The molecule has 0 aromatic heterocycles. The van der Waals surface area contributed by atoms with Crippen LogP contribution in [0.1, 0.15) is 33.6 Å². The van der Waals surface area contributed by atoms with Crippen molar-refractivity contribution in [2.24, 2.45) is 5.92 Å². The Morgan fingerprint density at radius 2 is 2.14 bits per heavy atom. The third kappa shape index (κ3) is 7.10. The molecule has 2 heteroatoms. The highest BCUT2D eigenvalue weighted by Gasteiger charge is 2.12. The van der Waals surface area contributed by atoms with Gasteiger partial charge >= 0.3 is 0 Å². The molecule has 0 spiro atoms. The maximum Gasteiger partial charge on any atom is 0.0722 e. The zero-order valence-electron chi connectivity index (χ0n) is 9.88. The van der Waals surface area contributed by atoms with E-state index < -0.39 is 0 Å². The van der Waals surface area contributed by atoms with Gasteiger partial charge in [-0.15, -0.1) is 6.58 Å². The topological polar surface area (TPSA) is 21.3 Å². The average Bonchev–Trinajstić information content (AvgIpc) is 2.15. The Kier molecular flexibility index (Phi) is 9.00. The fourth-order valence-corrected chi connectivity index (χ4v) is 1.21. The van der Waals surface area contributed by atoms with Gasteiger partial charge in [0.15, 0.2) is 0 Å². The van der Waals surface area contributed by atoms with Crippen molar-refractivity contribution in [2.45, 2.75) is 39.7 Å². The molecule has 84 valence electrons. The standard InChI is InChI=1S/C12H25NO/c1-5-7-9-14-12(11(3)4)10-13-8-6-2/h5,11-13H,1,6-10H2,2-4H3. The molecule has 0 bridgehead atoms. The molecular formula is C12H25NO. The van der Waals surface area contributed by atoms with Crippen molar-refractivity contribution in [3.05, 3.63) is 12.7 Å². The quantitative estimate of drug-likeness (QED) is 0.455. The lowest BCUT2D eigenvalue weighted by Gasteiger charge is -2.21. The van der Waals surface area contributed by atoms with Gasteiger partial charge in [0, 0.05) is 6.54 Å². The summed E-state index contributed by atoms with van der Waals surface area (Å²) in [6, 6.07) is 0. The van der Waals surface area contributed by atoms with Gasteiger partial charge in [-0.2, -0.15) is 0 Å². The van der Waals surface area contributed by atoms with Gasteiger partial charge in [0.05, 0.1) is 12.7 Å². The third-order valence-electron chi connectivity index (χ3n) is 2.17. The molecule has 0 saturated carbocycles. The summed E-state index contributed by atoms with van der Waals surface area (Å²) in [5.41, 5.74) is 0. The molecule has 0 aliphatic rings. The minimum atomic E-state index is 0.335. The Bertz CT molecular complexity index is 134. The number of ether oxygens (including phenoxy) is 1. The zero-order valence-corrected chi connectivity index (χ0v) is 9.88. The molecule has 1 atom stereocenters. The minimum absolute atomic E-state index is 0.335. The normalized spacial score (nSPS) is 13.1. The molecule has 0 saturated heterocycles. The first-order valence-corrected chi connectivity index (χ1v) is 5.65. The summed E-state index contributed by atoms with van der Waals surface area (Å²) in [4.78, 5) is 0. The molecule has 0 aliphatic heterocycles. The van der Waals surface area contributed by atoms with Crippen molar-refractivity contribution >= 4 is 0 Å². The number of hydrogen-bond acceptors (Lipinski definition) is 2. The predicted molar refractivity (Wildman–Crippen MR) is 62.6 cm³/mol. The van der Waals surface area contributed by atoms with Crippen LogP contribution in [0.2, 0.25) is 0 Å². The first-order chi connectivity index (χ1) is 6.72. The molecule has 0 radical (unpaired) electrons. The fourth-order valence-electron chi connectivity index (χ4n) is 1.21. The van der Waals surface area contributed by atoms with Crippen LogP contribution in [0.15, 0.2) is 12.7 Å². The highest BCUT2D eigenvalue weighted by atomic mass is 16.5. The average molecular weight is 199 g/mol. The van der Waals surface area contributed by atoms with Crippen molar-refractivity contribution in [3.8, 4) is 0 Å². The van der Waals surface area contributed by atoms with Crippen molar-refractivity contribution in [3.63, 3.8) is 0 Å². The summed E-state index contributed by atoms with van der Waals surface area (Å²) in [5.74, 6) is 0.573. The summed E-state index contributed by atoms with van der Waals surface area (Å²) in [5, 5.41) is 3.39. The van der Waals surface area contributed by atoms with Crippen molar-refractivity contribution in [1.29, 1.82) is 0 Å². The second kappa shape index (κ2) is 9.22. The minimum Gasteiger partial charge on any atom is -0.376 e. The summed E-state index contributed by atoms with van der Waals surface area (Å²) < 4.78 is 5.76. The van der Waals surface area contributed by atoms with E-state index in [4.69, 9.17) is 4.74 Å². The lowest BCUT2D eigenvalue weighted by atomic mass is 10.1. The Balaban J connectivity index is 3.60. The molecule has 0 heterocycles. The molecule has 1 N–H and O–H groups in total. The molecule has 0 fully saturated rings. The third-order valence-corrected chi connectivity index (χ3v) is 2.17. The Morgan fingerprint density at radius 1 is 1.43 bits per heavy atom.